The molecule has 0 aliphatic heterocycles. The summed E-state index contributed by atoms with van der Waals surface area (Å²) < 4.78 is 0.492. The number of non-ortho nitro benzene ring substituents is 1. The van der Waals surface area contributed by atoms with E-state index in [0.717, 1.165) is 25.7 Å². The Morgan fingerprint density at radius 2 is 2.10 bits per heavy atom. The number of aliphatic hydroxyl groups is 1. The van der Waals surface area contributed by atoms with Crippen LogP contribution in [0.15, 0.2) is 22.7 Å². The summed E-state index contributed by atoms with van der Waals surface area (Å²) in [5, 5.41) is 23.1. The largest absolute Gasteiger partial charge is 0.394 e. The third-order valence-electron chi connectivity index (χ3n) is 3.65. The molecule has 1 saturated carbocycles. The topological polar surface area (TPSA) is 92.5 Å². The number of carbonyl (C=O) groups is 1. The molecule has 1 aromatic rings. The van der Waals surface area contributed by atoms with Gasteiger partial charge in [0.2, 0.25) is 0 Å². The summed E-state index contributed by atoms with van der Waals surface area (Å²) >= 11 is 3.22. The quantitative estimate of drug-likeness (QED) is 0.649. The van der Waals surface area contributed by atoms with Crippen molar-refractivity contribution in [2.75, 3.05) is 6.61 Å². The van der Waals surface area contributed by atoms with Crippen molar-refractivity contribution in [3.05, 3.63) is 38.3 Å². The highest BCUT2D eigenvalue weighted by Gasteiger charge is 2.35. The predicted octanol–water partition coefficient (Wildman–Crippen LogP) is 2.39. The first-order valence-electron chi connectivity index (χ1n) is 6.35. The molecule has 1 fully saturated rings. The lowest BCUT2D eigenvalue weighted by molar-refractivity contribution is -0.384. The van der Waals surface area contributed by atoms with Crippen LogP contribution in [0.2, 0.25) is 0 Å². The first-order chi connectivity index (χ1) is 9.47. The molecule has 0 unspecified atom stereocenters. The molecule has 1 amide bonds. The second-order valence-corrected chi connectivity index (χ2v) is 5.88. The molecule has 6 nitrogen and oxygen atoms in total. The standard InChI is InChI=1S/C13H15BrN2O4/c14-11-4-3-9(16(19)20)7-10(11)12(18)15-13(8-17)5-1-2-6-13/h3-4,7,17H,1-2,5-6,8H2,(H,15,18). The van der Waals surface area contributed by atoms with Gasteiger partial charge in [-0.1, -0.05) is 12.8 Å². The van der Waals surface area contributed by atoms with Crippen LogP contribution in [0.4, 0.5) is 5.69 Å². The third-order valence-corrected chi connectivity index (χ3v) is 4.34. The predicted molar refractivity (Wildman–Crippen MR) is 76.5 cm³/mol. The maximum Gasteiger partial charge on any atom is 0.270 e. The van der Waals surface area contributed by atoms with Gasteiger partial charge in [-0.2, -0.15) is 0 Å². The highest BCUT2D eigenvalue weighted by atomic mass is 79.9. The molecular formula is C13H15BrN2O4. The van der Waals surface area contributed by atoms with Crippen LogP contribution in [0.1, 0.15) is 36.0 Å². The molecule has 0 spiro atoms. The van der Waals surface area contributed by atoms with E-state index in [1.54, 1.807) is 0 Å². The number of rotatable bonds is 4. The van der Waals surface area contributed by atoms with E-state index in [2.05, 4.69) is 21.2 Å². The van der Waals surface area contributed by atoms with Crippen molar-refractivity contribution in [3.63, 3.8) is 0 Å². The SMILES string of the molecule is O=C(NC1(CO)CCCC1)c1cc([N+](=O)[O-])ccc1Br. The number of halogens is 1. The third kappa shape index (κ3) is 2.99. The van der Waals surface area contributed by atoms with E-state index in [-0.39, 0.29) is 17.9 Å². The van der Waals surface area contributed by atoms with E-state index >= 15 is 0 Å². The van der Waals surface area contributed by atoms with Crippen molar-refractivity contribution in [2.24, 2.45) is 0 Å². The van der Waals surface area contributed by atoms with E-state index < -0.39 is 16.4 Å². The zero-order valence-electron chi connectivity index (χ0n) is 10.8. The minimum absolute atomic E-state index is 0.120. The fourth-order valence-corrected chi connectivity index (χ4v) is 2.91. The van der Waals surface area contributed by atoms with Crippen molar-refractivity contribution >= 4 is 27.5 Å². The Balaban J connectivity index is 2.24. The molecule has 0 bridgehead atoms. The molecule has 1 aromatic carbocycles. The Morgan fingerprint density at radius 1 is 1.45 bits per heavy atom. The summed E-state index contributed by atoms with van der Waals surface area (Å²) in [7, 11) is 0. The lowest BCUT2D eigenvalue weighted by atomic mass is 9.98. The van der Waals surface area contributed by atoms with Crippen LogP contribution in [0, 0.1) is 10.1 Å². The number of nitrogens with one attached hydrogen (secondary N) is 1. The molecule has 2 rings (SSSR count). The molecule has 0 aromatic heterocycles. The molecule has 2 N–H and O–H groups in total. The Kier molecular flexibility index (Phi) is 4.39. The average molecular weight is 343 g/mol. The molecular weight excluding hydrogens is 328 g/mol. The van der Waals surface area contributed by atoms with Crippen LogP contribution in [0.25, 0.3) is 0 Å². The second-order valence-electron chi connectivity index (χ2n) is 5.02. The molecule has 0 saturated heterocycles. The summed E-state index contributed by atoms with van der Waals surface area (Å²) in [6.45, 7) is -0.120. The van der Waals surface area contributed by atoms with Crippen LogP contribution < -0.4 is 5.32 Å². The zero-order valence-corrected chi connectivity index (χ0v) is 12.4. The fraction of sp³-hybridized carbons (Fsp3) is 0.462. The number of amides is 1. The highest BCUT2D eigenvalue weighted by Crippen LogP contribution is 2.30. The van der Waals surface area contributed by atoms with E-state index in [1.807, 2.05) is 0 Å². The highest BCUT2D eigenvalue weighted by molar-refractivity contribution is 9.10. The maximum absolute atomic E-state index is 12.3. The van der Waals surface area contributed by atoms with Crippen molar-refractivity contribution in [3.8, 4) is 0 Å². The van der Waals surface area contributed by atoms with Gasteiger partial charge in [-0.05, 0) is 34.8 Å². The minimum Gasteiger partial charge on any atom is -0.394 e. The zero-order chi connectivity index (χ0) is 14.8. The Bertz CT molecular complexity index is 541. The van der Waals surface area contributed by atoms with Gasteiger partial charge in [-0.3, -0.25) is 14.9 Å². The van der Waals surface area contributed by atoms with Crippen molar-refractivity contribution in [1.29, 1.82) is 0 Å². The maximum atomic E-state index is 12.3. The van der Waals surface area contributed by atoms with Crippen molar-refractivity contribution in [1.82, 2.24) is 5.32 Å². The Morgan fingerprint density at radius 3 is 2.65 bits per heavy atom. The normalized spacial score (nSPS) is 16.9. The van der Waals surface area contributed by atoms with E-state index in [9.17, 15) is 20.0 Å². The number of nitro groups is 1. The second kappa shape index (κ2) is 5.88. The molecule has 0 heterocycles. The molecule has 108 valence electrons. The van der Waals surface area contributed by atoms with Crippen LogP contribution in [-0.4, -0.2) is 28.1 Å². The minimum atomic E-state index is -0.596. The number of nitrogens with zero attached hydrogens (tertiary/aromatic N) is 1. The number of benzene rings is 1. The van der Waals surface area contributed by atoms with E-state index in [4.69, 9.17) is 0 Å². The molecule has 7 heteroatoms. The molecule has 1 aliphatic rings. The van der Waals surface area contributed by atoms with Crippen LogP contribution in [-0.2, 0) is 0 Å². The van der Waals surface area contributed by atoms with Gasteiger partial charge in [0.1, 0.15) is 0 Å². The van der Waals surface area contributed by atoms with Crippen molar-refractivity contribution in [2.45, 2.75) is 31.2 Å². The van der Waals surface area contributed by atoms with Crippen LogP contribution in [0.3, 0.4) is 0 Å². The number of hydrogen-bond donors (Lipinski definition) is 2. The van der Waals surface area contributed by atoms with Gasteiger partial charge in [0.05, 0.1) is 22.6 Å². The summed E-state index contributed by atoms with van der Waals surface area (Å²) in [6.07, 6.45) is 3.36. The van der Waals surface area contributed by atoms with Gasteiger partial charge in [0.15, 0.2) is 0 Å². The summed E-state index contributed by atoms with van der Waals surface area (Å²) in [5.74, 6) is -0.406. The van der Waals surface area contributed by atoms with Crippen molar-refractivity contribution < 1.29 is 14.8 Å². The van der Waals surface area contributed by atoms with Gasteiger partial charge >= 0.3 is 0 Å². The van der Waals surface area contributed by atoms with Crippen LogP contribution in [0.5, 0.6) is 0 Å². The first-order valence-corrected chi connectivity index (χ1v) is 7.14. The summed E-state index contributed by atoms with van der Waals surface area (Å²) in [6, 6.07) is 4.05. The van der Waals surface area contributed by atoms with Gasteiger partial charge in [-0.25, -0.2) is 0 Å². The molecule has 0 atom stereocenters. The number of aliphatic hydroxyl groups excluding tert-OH is 1. The van der Waals surface area contributed by atoms with Gasteiger partial charge in [0.25, 0.3) is 11.6 Å². The lowest BCUT2D eigenvalue weighted by Gasteiger charge is -2.28. The van der Waals surface area contributed by atoms with Gasteiger partial charge < -0.3 is 10.4 Å². The summed E-state index contributed by atoms with van der Waals surface area (Å²) in [5.41, 5.74) is -0.525. The average Bonchev–Trinajstić information content (AvgIpc) is 2.88. The number of carbonyl (C=O) groups excluding carboxylic acids is 1. The molecule has 20 heavy (non-hydrogen) atoms. The lowest BCUT2D eigenvalue weighted by Crippen LogP contribution is -2.49. The Labute approximate surface area is 124 Å². The monoisotopic (exact) mass is 342 g/mol. The smallest absolute Gasteiger partial charge is 0.270 e. The molecule has 0 radical (unpaired) electrons. The van der Waals surface area contributed by atoms with Gasteiger partial charge in [0, 0.05) is 16.6 Å². The first kappa shape index (κ1) is 14.9. The fourth-order valence-electron chi connectivity index (χ4n) is 2.48. The van der Waals surface area contributed by atoms with Crippen LogP contribution >= 0.6 is 15.9 Å². The Hall–Kier alpha value is -1.47. The van der Waals surface area contributed by atoms with E-state index in [0.29, 0.717) is 4.47 Å². The molecule has 1 aliphatic carbocycles. The van der Waals surface area contributed by atoms with E-state index in [1.165, 1.54) is 18.2 Å². The van der Waals surface area contributed by atoms with Gasteiger partial charge in [-0.15, -0.1) is 0 Å². The number of nitro benzene ring substituents is 1. The number of hydrogen-bond acceptors (Lipinski definition) is 4. The summed E-state index contributed by atoms with van der Waals surface area (Å²) in [4.78, 5) is 22.5.